The molecular weight excluding hydrogens is 462 g/mol. The molecule has 4 aromatic rings. The van der Waals surface area contributed by atoms with Gasteiger partial charge in [-0.25, -0.2) is 0 Å². The second kappa shape index (κ2) is 11.5. The van der Waals surface area contributed by atoms with E-state index < -0.39 is 6.10 Å². The summed E-state index contributed by atoms with van der Waals surface area (Å²) in [5, 5.41) is 22.8. The first-order chi connectivity index (χ1) is 15.7. The third-order valence-corrected chi connectivity index (χ3v) is 7.07. The van der Waals surface area contributed by atoms with Crippen LogP contribution in [0.15, 0.2) is 77.3 Å². The van der Waals surface area contributed by atoms with Crippen LogP contribution in [0.1, 0.15) is 16.3 Å². The first-order valence-electron chi connectivity index (χ1n) is 10.3. The largest absolute Gasteiger partial charge is 0.491 e. The maximum atomic E-state index is 10.4. The Morgan fingerprint density at radius 2 is 1.84 bits per heavy atom. The minimum Gasteiger partial charge on any atom is -0.491 e. The van der Waals surface area contributed by atoms with Crippen molar-refractivity contribution in [2.24, 2.45) is 0 Å². The molecule has 5 nitrogen and oxygen atoms in total. The molecule has 8 heteroatoms. The van der Waals surface area contributed by atoms with Gasteiger partial charge in [-0.1, -0.05) is 59.8 Å². The first kappa shape index (κ1) is 22.9. The summed E-state index contributed by atoms with van der Waals surface area (Å²) in [4.78, 5) is 1.26. The summed E-state index contributed by atoms with van der Waals surface area (Å²) < 4.78 is 7.83. The Labute approximate surface area is 201 Å². The summed E-state index contributed by atoms with van der Waals surface area (Å²) in [5.74, 6) is 2.09. The number of nitrogens with zero attached hydrogens (tertiary/aromatic N) is 3. The van der Waals surface area contributed by atoms with Gasteiger partial charge < -0.3 is 14.4 Å². The van der Waals surface area contributed by atoms with E-state index in [1.807, 2.05) is 6.07 Å². The molecule has 0 fully saturated rings. The fourth-order valence-corrected chi connectivity index (χ4v) is 4.89. The molecule has 2 heterocycles. The average molecular weight is 486 g/mol. The highest BCUT2D eigenvalue weighted by molar-refractivity contribution is 7.99. The van der Waals surface area contributed by atoms with Crippen molar-refractivity contribution in [3.8, 4) is 5.75 Å². The zero-order valence-corrected chi connectivity index (χ0v) is 19.8. The molecule has 2 aromatic heterocycles. The van der Waals surface area contributed by atoms with E-state index in [1.54, 1.807) is 35.6 Å². The summed E-state index contributed by atoms with van der Waals surface area (Å²) in [6, 6.07) is 21.7. The molecular formula is C24H24ClN3O2S2. The molecule has 2 aromatic carbocycles. The van der Waals surface area contributed by atoms with E-state index in [4.69, 9.17) is 16.3 Å². The SMILES string of the molecule is OC(COc1ccc(Cl)cc1)CSc1nnc(Cc2cccs2)n1CCc1ccccc1. The molecule has 0 amide bonds. The van der Waals surface area contributed by atoms with E-state index in [9.17, 15) is 5.11 Å². The van der Waals surface area contributed by atoms with Crippen LogP contribution < -0.4 is 4.74 Å². The monoisotopic (exact) mass is 485 g/mol. The van der Waals surface area contributed by atoms with Gasteiger partial charge in [0.05, 0.1) is 6.10 Å². The van der Waals surface area contributed by atoms with Gasteiger partial charge in [-0.2, -0.15) is 0 Å². The van der Waals surface area contributed by atoms with Crippen molar-refractivity contribution in [3.63, 3.8) is 0 Å². The molecule has 0 saturated heterocycles. The number of aliphatic hydroxyl groups excluding tert-OH is 1. The van der Waals surface area contributed by atoms with Gasteiger partial charge in [-0.15, -0.1) is 21.5 Å². The Kier molecular flexibility index (Phi) is 8.23. The number of ether oxygens (including phenoxy) is 1. The number of rotatable bonds is 11. The zero-order valence-electron chi connectivity index (χ0n) is 17.4. The van der Waals surface area contributed by atoms with Crippen LogP contribution >= 0.6 is 34.7 Å². The van der Waals surface area contributed by atoms with Gasteiger partial charge in [0.2, 0.25) is 0 Å². The van der Waals surface area contributed by atoms with Crippen LogP contribution in [0, 0.1) is 0 Å². The Morgan fingerprint density at radius 1 is 1.03 bits per heavy atom. The van der Waals surface area contributed by atoms with E-state index in [2.05, 4.69) is 56.5 Å². The predicted molar refractivity (Wildman–Crippen MR) is 131 cm³/mol. The van der Waals surface area contributed by atoms with Gasteiger partial charge in [0, 0.05) is 28.6 Å². The maximum absolute atomic E-state index is 10.4. The lowest BCUT2D eigenvalue weighted by atomic mass is 10.1. The minimum absolute atomic E-state index is 0.203. The van der Waals surface area contributed by atoms with Gasteiger partial charge >= 0.3 is 0 Å². The topological polar surface area (TPSA) is 60.2 Å². The van der Waals surface area contributed by atoms with E-state index in [0.717, 1.165) is 30.4 Å². The van der Waals surface area contributed by atoms with E-state index >= 15 is 0 Å². The van der Waals surface area contributed by atoms with Crippen LogP contribution in [-0.4, -0.2) is 38.3 Å². The Bertz CT molecular complexity index is 1090. The van der Waals surface area contributed by atoms with Crippen LogP contribution in [0.4, 0.5) is 0 Å². The van der Waals surface area contributed by atoms with Gasteiger partial charge in [0.1, 0.15) is 18.2 Å². The highest BCUT2D eigenvalue weighted by atomic mass is 35.5. The highest BCUT2D eigenvalue weighted by Crippen LogP contribution is 2.22. The molecule has 0 aliphatic rings. The van der Waals surface area contributed by atoms with Crippen molar-refractivity contribution in [2.45, 2.75) is 30.6 Å². The quantitative estimate of drug-likeness (QED) is 0.290. The normalized spacial score (nSPS) is 12.1. The lowest BCUT2D eigenvalue weighted by Crippen LogP contribution is -2.20. The second-order valence-corrected chi connectivity index (χ2v) is 9.73. The summed E-state index contributed by atoms with van der Waals surface area (Å²) in [5.41, 5.74) is 1.27. The summed E-state index contributed by atoms with van der Waals surface area (Å²) in [7, 11) is 0. The molecule has 166 valence electrons. The third-order valence-electron chi connectivity index (χ3n) is 4.83. The average Bonchev–Trinajstić information content (AvgIpc) is 3.47. The Morgan fingerprint density at radius 3 is 2.59 bits per heavy atom. The van der Waals surface area contributed by atoms with Crippen molar-refractivity contribution >= 4 is 34.7 Å². The molecule has 4 rings (SSSR count). The number of thioether (sulfide) groups is 1. The number of benzene rings is 2. The maximum Gasteiger partial charge on any atom is 0.191 e. The fraction of sp³-hybridized carbons (Fsp3) is 0.250. The summed E-state index contributed by atoms with van der Waals surface area (Å²) in [6.45, 7) is 0.992. The molecule has 0 aliphatic carbocycles. The van der Waals surface area contributed by atoms with Crippen LogP contribution in [0.2, 0.25) is 5.02 Å². The molecule has 0 radical (unpaired) electrons. The molecule has 1 atom stereocenters. The standard InChI is InChI=1S/C24H24ClN3O2S2/c25-19-8-10-21(11-9-19)30-16-20(29)17-32-24-27-26-23(15-22-7-4-14-31-22)28(24)13-12-18-5-2-1-3-6-18/h1-11,14,20,29H,12-13,15-17H2. The van der Waals surface area contributed by atoms with Crippen LogP contribution in [0.25, 0.3) is 0 Å². The van der Waals surface area contributed by atoms with Crippen molar-refractivity contribution in [1.29, 1.82) is 0 Å². The zero-order chi connectivity index (χ0) is 22.2. The minimum atomic E-state index is -0.629. The summed E-state index contributed by atoms with van der Waals surface area (Å²) in [6.07, 6.45) is 1.02. The molecule has 0 aliphatic heterocycles. The Balaban J connectivity index is 1.38. The molecule has 0 spiro atoms. The van der Waals surface area contributed by atoms with Gasteiger partial charge in [0.15, 0.2) is 5.16 Å². The van der Waals surface area contributed by atoms with E-state index in [0.29, 0.717) is 16.5 Å². The van der Waals surface area contributed by atoms with Gasteiger partial charge in [-0.3, -0.25) is 0 Å². The molecule has 0 bridgehead atoms. The molecule has 1 unspecified atom stereocenters. The number of aryl methyl sites for hydroxylation is 1. The Hall–Kier alpha value is -2.32. The highest BCUT2D eigenvalue weighted by Gasteiger charge is 2.16. The van der Waals surface area contributed by atoms with Crippen LogP contribution in [0.3, 0.4) is 0 Å². The van der Waals surface area contributed by atoms with Crippen LogP contribution in [-0.2, 0) is 19.4 Å². The lowest BCUT2D eigenvalue weighted by molar-refractivity contribution is 0.126. The van der Waals surface area contributed by atoms with Crippen molar-refractivity contribution < 1.29 is 9.84 Å². The number of thiophene rings is 1. The number of aromatic nitrogens is 3. The first-order valence-corrected chi connectivity index (χ1v) is 12.6. The van der Waals surface area contributed by atoms with Crippen molar-refractivity contribution in [3.05, 3.63) is 93.4 Å². The van der Waals surface area contributed by atoms with Gasteiger partial charge in [0.25, 0.3) is 0 Å². The van der Waals surface area contributed by atoms with E-state index in [1.165, 1.54) is 22.2 Å². The van der Waals surface area contributed by atoms with Crippen LogP contribution in [0.5, 0.6) is 5.75 Å². The molecule has 32 heavy (non-hydrogen) atoms. The molecule has 1 N–H and O–H groups in total. The fourth-order valence-electron chi connectivity index (χ4n) is 3.18. The number of halogens is 1. The smallest absolute Gasteiger partial charge is 0.191 e. The number of hydrogen-bond acceptors (Lipinski definition) is 6. The third kappa shape index (κ3) is 6.59. The van der Waals surface area contributed by atoms with Gasteiger partial charge in [-0.05, 0) is 47.7 Å². The number of aliphatic hydroxyl groups is 1. The van der Waals surface area contributed by atoms with E-state index in [-0.39, 0.29) is 6.61 Å². The second-order valence-electron chi connectivity index (χ2n) is 7.27. The van der Waals surface area contributed by atoms with Crippen molar-refractivity contribution in [2.75, 3.05) is 12.4 Å². The number of hydrogen-bond donors (Lipinski definition) is 1. The molecule has 0 saturated carbocycles. The van der Waals surface area contributed by atoms with Crippen molar-refractivity contribution in [1.82, 2.24) is 14.8 Å². The summed E-state index contributed by atoms with van der Waals surface area (Å²) >= 11 is 9.12. The lowest BCUT2D eigenvalue weighted by Gasteiger charge is -2.13. The predicted octanol–water partition coefficient (Wildman–Crippen LogP) is 5.36.